The van der Waals surface area contributed by atoms with Crippen molar-refractivity contribution in [3.63, 3.8) is 0 Å². The Morgan fingerprint density at radius 1 is 1.00 bits per heavy atom. The summed E-state index contributed by atoms with van der Waals surface area (Å²) in [5.74, 6) is -2.00. The van der Waals surface area contributed by atoms with Crippen molar-refractivity contribution in [3.05, 3.63) is 11.4 Å². The van der Waals surface area contributed by atoms with Crippen molar-refractivity contribution in [2.24, 2.45) is 0 Å². The maximum Gasteiger partial charge on any atom is 0.442 e. The van der Waals surface area contributed by atoms with Crippen LogP contribution in [-0.4, -0.2) is 6.18 Å². The highest BCUT2D eigenvalue weighted by molar-refractivity contribution is 5.06. The molecule has 11 heavy (non-hydrogen) atoms. The zero-order chi connectivity index (χ0) is 9.65. The third-order valence-corrected chi connectivity index (χ3v) is 0.688. The molecular formula is C7H12F4. The number of alkyl halides is 3. The number of hydrogen-bond donors (Lipinski definition) is 0. The molecular weight excluding hydrogens is 160 g/mol. The van der Waals surface area contributed by atoms with E-state index in [1.165, 1.54) is 0 Å². The molecule has 4 heteroatoms. The molecule has 0 N–H and O–H groups in total. The fraction of sp³-hybridized carbons (Fsp3) is 0.714. The van der Waals surface area contributed by atoms with Crippen LogP contribution >= 0.6 is 0 Å². The van der Waals surface area contributed by atoms with E-state index in [0.717, 1.165) is 13.8 Å². The van der Waals surface area contributed by atoms with Crippen molar-refractivity contribution in [3.8, 4) is 0 Å². The van der Waals surface area contributed by atoms with Crippen LogP contribution in [0.15, 0.2) is 11.4 Å². The van der Waals surface area contributed by atoms with Crippen LogP contribution in [0.5, 0.6) is 0 Å². The molecule has 0 aliphatic rings. The van der Waals surface area contributed by atoms with Crippen molar-refractivity contribution < 1.29 is 17.6 Å². The predicted octanol–water partition coefficient (Wildman–Crippen LogP) is 3.84. The largest absolute Gasteiger partial charge is 0.442 e. The molecule has 0 aromatic carbocycles. The maximum atomic E-state index is 11.8. The van der Waals surface area contributed by atoms with Crippen LogP contribution in [0.2, 0.25) is 0 Å². The fourth-order valence-corrected chi connectivity index (χ4v) is 0.283. The zero-order valence-corrected chi connectivity index (χ0v) is 7.01. The van der Waals surface area contributed by atoms with Crippen LogP contribution in [0.1, 0.15) is 27.7 Å². The molecule has 0 amide bonds. The molecule has 0 fully saturated rings. The van der Waals surface area contributed by atoms with E-state index in [0.29, 0.717) is 0 Å². The van der Waals surface area contributed by atoms with Crippen molar-refractivity contribution in [2.45, 2.75) is 33.9 Å². The van der Waals surface area contributed by atoms with Gasteiger partial charge in [0.05, 0.1) is 0 Å². The Hall–Kier alpha value is -0.540. The van der Waals surface area contributed by atoms with Gasteiger partial charge in [-0.15, -0.1) is 0 Å². The smallest absolute Gasteiger partial charge is 0.202 e. The number of allylic oxidation sites excluding steroid dienone is 2. The average molecular weight is 172 g/mol. The van der Waals surface area contributed by atoms with E-state index < -0.39 is 12.0 Å². The topological polar surface area (TPSA) is 0 Å². The molecule has 0 aliphatic heterocycles. The lowest BCUT2D eigenvalue weighted by Crippen LogP contribution is -2.08. The Morgan fingerprint density at radius 3 is 1.27 bits per heavy atom. The number of rotatable bonds is 0. The molecule has 0 radical (unpaired) electrons. The molecule has 0 aromatic rings. The van der Waals surface area contributed by atoms with Gasteiger partial charge in [0.1, 0.15) is 0 Å². The van der Waals surface area contributed by atoms with Gasteiger partial charge in [0.2, 0.25) is 5.83 Å². The molecule has 0 saturated heterocycles. The van der Waals surface area contributed by atoms with Gasteiger partial charge in [0, 0.05) is 0 Å². The molecule has 0 unspecified atom stereocenters. The Bertz CT molecular complexity index is 128. The van der Waals surface area contributed by atoms with Crippen LogP contribution in [-0.2, 0) is 0 Å². The molecule has 0 spiro atoms. The van der Waals surface area contributed by atoms with Crippen molar-refractivity contribution in [2.75, 3.05) is 0 Å². The summed E-state index contributed by atoms with van der Waals surface area (Å²) in [5, 5.41) is 0. The second kappa shape index (κ2) is 5.16. The second-order valence-electron chi connectivity index (χ2n) is 1.81. The molecule has 0 saturated carbocycles. The first-order chi connectivity index (χ1) is 4.85. The van der Waals surface area contributed by atoms with Gasteiger partial charge in [-0.2, -0.15) is 13.2 Å². The Kier molecular flexibility index (Phi) is 6.13. The van der Waals surface area contributed by atoms with Gasteiger partial charge in [-0.1, -0.05) is 13.8 Å². The quantitative estimate of drug-likeness (QED) is 0.487. The third-order valence-electron chi connectivity index (χ3n) is 0.688. The molecule has 0 atom stereocenters. The van der Waals surface area contributed by atoms with Gasteiger partial charge in [-0.3, -0.25) is 0 Å². The normalized spacial score (nSPS) is 9.82. The molecule has 0 heterocycles. The van der Waals surface area contributed by atoms with Crippen LogP contribution in [0.3, 0.4) is 0 Å². The number of hydrogen-bond acceptors (Lipinski definition) is 0. The van der Waals surface area contributed by atoms with Crippen LogP contribution in [0.4, 0.5) is 17.6 Å². The highest BCUT2D eigenvalue weighted by atomic mass is 19.4. The maximum absolute atomic E-state index is 11.8. The fourth-order valence-electron chi connectivity index (χ4n) is 0.283. The summed E-state index contributed by atoms with van der Waals surface area (Å²) in [7, 11) is 0. The highest BCUT2D eigenvalue weighted by Gasteiger charge is 2.35. The summed E-state index contributed by atoms with van der Waals surface area (Å²) in [6, 6.07) is 0. The lowest BCUT2D eigenvalue weighted by atomic mass is 10.3. The van der Waals surface area contributed by atoms with Gasteiger partial charge < -0.3 is 0 Å². The van der Waals surface area contributed by atoms with E-state index in [-0.39, 0.29) is 5.57 Å². The van der Waals surface area contributed by atoms with Crippen molar-refractivity contribution >= 4 is 0 Å². The minimum Gasteiger partial charge on any atom is -0.202 e. The first-order valence-corrected chi connectivity index (χ1v) is 3.26. The Labute approximate surface area is 63.9 Å². The minimum atomic E-state index is -4.81. The highest BCUT2D eigenvalue weighted by Crippen LogP contribution is 2.28. The molecule has 0 aliphatic carbocycles. The van der Waals surface area contributed by atoms with Crippen molar-refractivity contribution in [1.29, 1.82) is 0 Å². The molecule has 68 valence electrons. The summed E-state index contributed by atoms with van der Waals surface area (Å²) in [5.41, 5.74) is -0.345. The summed E-state index contributed by atoms with van der Waals surface area (Å²) < 4.78 is 45.6. The lowest BCUT2D eigenvalue weighted by molar-refractivity contribution is -0.109. The first kappa shape index (κ1) is 13.1. The van der Waals surface area contributed by atoms with E-state index in [4.69, 9.17) is 0 Å². The summed E-state index contributed by atoms with van der Waals surface area (Å²) in [4.78, 5) is 0. The average Bonchev–Trinajstić information content (AvgIpc) is 1.89. The predicted molar refractivity (Wildman–Crippen MR) is 36.9 cm³/mol. The van der Waals surface area contributed by atoms with Crippen LogP contribution in [0, 0.1) is 0 Å². The summed E-state index contributed by atoms with van der Waals surface area (Å²) in [6.07, 6.45) is -4.81. The van der Waals surface area contributed by atoms with E-state index in [9.17, 15) is 17.6 Å². The van der Waals surface area contributed by atoms with E-state index in [1.807, 2.05) is 13.8 Å². The van der Waals surface area contributed by atoms with Crippen LogP contribution in [0.25, 0.3) is 0 Å². The van der Waals surface area contributed by atoms with E-state index in [2.05, 4.69) is 0 Å². The molecule has 0 bridgehead atoms. The van der Waals surface area contributed by atoms with Crippen molar-refractivity contribution in [1.82, 2.24) is 0 Å². The Balaban J connectivity index is 0. The first-order valence-electron chi connectivity index (χ1n) is 3.26. The van der Waals surface area contributed by atoms with Crippen LogP contribution < -0.4 is 0 Å². The van der Waals surface area contributed by atoms with Gasteiger partial charge in [0.15, 0.2) is 0 Å². The van der Waals surface area contributed by atoms with Gasteiger partial charge in [-0.05, 0) is 19.4 Å². The summed E-state index contributed by atoms with van der Waals surface area (Å²) >= 11 is 0. The van der Waals surface area contributed by atoms with Gasteiger partial charge >= 0.3 is 6.18 Å². The Morgan fingerprint density at radius 2 is 1.27 bits per heavy atom. The van der Waals surface area contributed by atoms with E-state index >= 15 is 0 Å². The molecule has 0 nitrogen and oxygen atoms in total. The SMILES string of the molecule is CC.CC(C)=C(F)C(F)(F)F. The standard InChI is InChI=1S/C5H6F4.C2H6/c1-3(2)4(6)5(7,8)9;1-2/h1-2H3;1-2H3. The molecule has 0 rings (SSSR count). The zero-order valence-electron chi connectivity index (χ0n) is 7.01. The van der Waals surface area contributed by atoms with Gasteiger partial charge in [-0.25, -0.2) is 4.39 Å². The molecule has 0 aromatic heterocycles. The third kappa shape index (κ3) is 5.88. The monoisotopic (exact) mass is 172 g/mol. The second-order valence-corrected chi connectivity index (χ2v) is 1.81. The summed E-state index contributed by atoms with van der Waals surface area (Å²) in [6.45, 7) is 6.14. The van der Waals surface area contributed by atoms with Gasteiger partial charge in [0.25, 0.3) is 0 Å². The minimum absolute atomic E-state index is 0.345. The lowest BCUT2D eigenvalue weighted by Gasteiger charge is -2.02. The number of halogens is 4. The van der Waals surface area contributed by atoms with E-state index in [1.54, 1.807) is 0 Å².